The van der Waals surface area contributed by atoms with E-state index in [4.69, 9.17) is 5.73 Å². The van der Waals surface area contributed by atoms with Crippen LogP contribution in [0.25, 0.3) is 0 Å². The average Bonchev–Trinajstić information content (AvgIpc) is 2.81. The molecule has 1 aromatic rings. The predicted octanol–water partition coefficient (Wildman–Crippen LogP) is 3.02. The molecule has 0 aliphatic heterocycles. The van der Waals surface area contributed by atoms with Gasteiger partial charge >= 0.3 is 0 Å². The number of rotatable bonds is 8. The number of guanidine groups is 1. The monoisotopic (exact) mass is 267 g/mol. The van der Waals surface area contributed by atoms with Gasteiger partial charge in [-0.15, -0.1) is 11.3 Å². The number of aliphatic imine (C=N–C) groups is 1. The van der Waals surface area contributed by atoms with Gasteiger partial charge in [-0.05, 0) is 30.2 Å². The van der Waals surface area contributed by atoms with Crippen LogP contribution in [0.3, 0.4) is 0 Å². The minimum atomic E-state index is 0.580. The highest BCUT2D eigenvalue weighted by Gasteiger charge is 1.96. The van der Waals surface area contributed by atoms with Gasteiger partial charge in [0, 0.05) is 18.0 Å². The Morgan fingerprint density at radius 3 is 2.94 bits per heavy atom. The van der Waals surface area contributed by atoms with Crippen LogP contribution in [0.2, 0.25) is 0 Å². The third kappa shape index (κ3) is 7.33. The normalized spacial score (nSPS) is 12.1. The molecule has 18 heavy (non-hydrogen) atoms. The smallest absolute Gasteiger partial charge is 0.188 e. The van der Waals surface area contributed by atoms with Gasteiger partial charge in [-0.3, -0.25) is 4.99 Å². The van der Waals surface area contributed by atoms with Crippen molar-refractivity contribution >= 4 is 17.3 Å². The molecule has 0 spiro atoms. The van der Waals surface area contributed by atoms with Crippen LogP contribution in [0.1, 0.15) is 38.0 Å². The lowest BCUT2D eigenvalue weighted by Gasteiger charge is -2.05. The van der Waals surface area contributed by atoms with E-state index in [0.29, 0.717) is 5.96 Å². The van der Waals surface area contributed by atoms with Crippen molar-refractivity contribution in [2.75, 3.05) is 13.1 Å². The summed E-state index contributed by atoms with van der Waals surface area (Å²) in [4.78, 5) is 5.71. The van der Waals surface area contributed by atoms with Crippen LogP contribution >= 0.6 is 11.3 Å². The molecule has 0 bridgehead atoms. The quantitative estimate of drug-likeness (QED) is 0.432. The zero-order valence-electron chi connectivity index (χ0n) is 11.5. The van der Waals surface area contributed by atoms with Crippen molar-refractivity contribution in [3.63, 3.8) is 0 Å². The maximum Gasteiger partial charge on any atom is 0.188 e. The Morgan fingerprint density at radius 2 is 2.28 bits per heavy atom. The van der Waals surface area contributed by atoms with Crippen LogP contribution in [0, 0.1) is 5.92 Å². The molecule has 0 amide bonds. The molecular formula is C14H25N3S. The van der Waals surface area contributed by atoms with Gasteiger partial charge in [-0.1, -0.05) is 32.8 Å². The molecule has 0 fully saturated rings. The van der Waals surface area contributed by atoms with E-state index in [0.717, 1.165) is 31.8 Å². The van der Waals surface area contributed by atoms with Crippen LogP contribution in [-0.4, -0.2) is 19.0 Å². The minimum Gasteiger partial charge on any atom is -0.370 e. The van der Waals surface area contributed by atoms with Gasteiger partial charge in [0.15, 0.2) is 5.96 Å². The summed E-state index contributed by atoms with van der Waals surface area (Å²) < 4.78 is 0. The molecule has 0 aliphatic carbocycles. The maximum atomic E-state index is 5.80. The summed E-state index contributed by atoms with van der Waals surface area (Å²) in [7, 11) is 0. The number of nitrogens with zero attached hydrogens (tertiary/aromatic N) is 1. The fourth-order valence-electron chi connectivity index (χ4n) is 1.69. The van der Waals surface area contributed by atoms with E-state index in [1.54, 1.807) is 11.3 Å². The van der Waals surface area contributed by atoms with Crippen molar-refractivity contribution in [1.29, 1.82) is 0 Å². The van der Waals surface area contributed by atoms with Gasteiger partial charge in [-0.2, -0.15) is 0 Å². The lowest BCUT2D eigenvalue weighted by Crippen LogP contribution is -2.33. The topological polar surface area (TPSA) is 50.4 Å². The summed E-state index contributed by atoms with van der Waals surface area (Å²) in [6.45, 7) is 6.21. The highest BCUT2D eigenvalue weighted by atomic mass is 32.1. The molecular weight excluding hydrogens is 242 g/mol. The van der Waals surface area contributed by atoms with Crippen molar-refractivity contribution in [1.82, 2.24) is 5.32 Å². The standard InChI is InChI=1S/C14H25N3S/c1-12(2)6-3-4-9-16-14(15)17-10-8-13-7-5-11-18-13/h5,7,11-12H,3-4,6,8-10H2,1-2H3,(H3,15,16,17). The zero-order chi connectivity index (χ0) is 13.2. The van der Waals surface area contributed by atoms with Gasteiger partial charge in [0.2, 0.25) is 0 Å². The second-order valence-electron chi connectivity index (χ2n) is 4.91. The minimum absolute atomic E-state index is 0.580. The first-order valence-electron chi connectivity index (χ1n) is 6.74. The van der Waals surface area contributed by atoms with Crippen molar-refractivity contribution in [3.05, 3.63) is 22.4 Å². The molecule has 4 heteroatoms. The van der Waals surface area contributed by atoms with Crippen molar-refractivity contribution in [2.24, 2.45) is 16.6 Å². The average molecular weight is 267 g/mol. The van der Waals surface area contributed by atoms with Gasteiger partial charge < -0.3 is 11.1 Å². The first kappa shape index (κ1) is 15.0. The summed E-state index contributed by atoms with van der Waals surface area (Å²) in [6, 6.07) is 4.22. The van der Waals surface area contributed by atoms with Gasteiger partial charge in [0.25, 0.3) is 0 Å². The van der Waals surface area contributed by atoms with Crippen LogP contribution in [0.4, 0.5) is 0 Å². The second kappa shape index (κ2) is 8.97. The number of hydrogen-bond acceptors (Lipinski definition) is 2. The molecule has 1 rings (SSSR count). The Bertz CT molecular complexity index is 331. The van der Waals surface area contributed by atoms with E-state index >= 15 is 0 Å². The van der Waals surface area contributed by atoms with Crippen LogP contribution in [0.5, 0.6) is 0 Å². The molecule has 0 radical (unpaired) electrons. The lowest BCUT2D eigenvalue weighted by molar-refractivity contribution is 0.541. The molecule has 0 aliphatic rings. The number of thiophene rings is 1. The van der Waals surface area contributed by atoms with E-state index in [2.05, 4.69) is 41.7 Å². The molecule has 0 unspecified atom stereocenters. The van der Waals surface area contributed by atoms with Crippen molar-refractivity contribution in [3.8, 4) is 0 Å². The van der Waals surface area contributed by atoms with Crippen molar-refractivity contribution in [2.45, 2.75) is 39.5 Å². The fraction of sp³-hybridized carbons (Fsp3) is 0.643. The number of nitrogens with two attached hydrogens (primary N) is 1. The Balaban J connectivity index is 2.03. The molecule has 0 saturated carbocycles. The second-order valence-corrected chi connectivity index (χ2v) is 5.94. The fourth-order valence-corrected chi connectivity index (χ4v) is 2.40. The number of nitrogens with one attached hydrogen (secondary N) is 1. The Kier molecular flexibility index (Phi) is 7.49. The van der Waals surface area contributed by atoms with Crippen molar-refractivity contribution < 1.29 is 0 Å². The third-order valence-electron chi connectivity index (χ3n) is 2.73. The SMILES string of the molecule is CC(C)CCCCN=C(N)NCCc1cccs1. The van der Waals surface area contributed by atoms with E-state index in [-0.39, 0.29) is 0 Å². The summed E-state index contributed by atoms with van der Waals surface area (Å²) in [6.07, 6.45) is 4.66. The first-order chi connectivity index (χ1) is 8.68. The van der Waals surface area contributed by atoms with Crippen LogP contribution in [-0.2, 0) is 6.42 Å². The largest absolute Gasteiger partial charge is 0.370 e. The Hall–Kier alpha value is -1.03. The molecule has 3 N–H and O–H groups in total. The van der Waals surface area contributed by atoms with E-state index in [9.17, 15) is 0 Å². The molecule has 102 valence electrons. The van der Waals surface area contributed by atoms with Crippen LogP contribution in [0.15, 0.2) is 22.5 Å². The summed E-state index contributed by atoms with van der Waals surface area (Å²) in [5, 5.41) is 5.25. The molecule has 1 aromatic heterocycles. The third-order valence-corrected chi connectivity index (χ3v) is 3.67. The number of hydrogen-bond donors (Lipinski definition) is 2. The van der Waals surface area contributed by atoms with Gasteiger partial charge in [0.05, 0.1) is 0 Å². The first-order valence-corrected chi connectivity index (χ1v) is 7.62. The predicted molar refractivity (Wildman–Crippen MR) is 81.2 cm³/mol. The molecule has 3 nitrogen and oxygen atoms in total. The molecule has 1 heterocycles. The summed E-state index contributed by atoms with van der Waals surface area (Å²) in [5.41, 5.74) is 5.80. The molecule has 0 aromatic carbocycles. The van der Waals surface area contributed by atoms with E-state index in [1.807, 2.05) is 0 Å². The Morgan fingerprint density at radius 1 is 1.44 bits per heavy atom. The molecule has 0 saturated heterocycles. The molecule has 0 atom stereocenters. The maximum absolute atomic E-state index is 5.80. The Labute approximate surface area is 115 Å². The van der Waals surface area contributed by atoms with Gasteiger partial charge in [0.1, 0.15) is 0 Å². The highest BCUT2D eigenvalue weighted by molar-refractivity contribution is 7.09. The van der Waals surface area contributed by atoms with E-state index < -0.39 is 0 Å². The lowest BCUT2D eigenvalue weighted by atomic mass is 10.1. The van der Waals surface area contributed by atoms with Gasteiger partial charge in [-0.25, -0.2) is 0 Å². The summed E-state index contributed by atoms with van der Waals surface area (Å²) in [5.74, 6) is 1.37. The number of unbranched alkanes of at least 4 members (excludes halogenated alkanes) is 1. The summed E-state index contributed by atoms with van der Waals surface area (Å²) >= 11 is 1.78. The zero-order valence-corrected chi connectivity index (χ0v) is 12.3. The highest BCUT2D eigenvalue weighted by Crippen LogP contribution is 2.08. The van der Waals surface area contributed by atoms with E-state index in [1.165, 1.54) is 17.7 Å². The van der Waals surface area contributed by atoms with Crippen LogP contribution < -0.4 is 11.1 Å².